The summed E-state index contributed by atoms with van der Waals surface area (Å²) in [6.07, 6.45) is 5.66. The monoisotopic (exact) mass is 362 g/mol. The first kappa shape index (κ1) is 16.3. The average molecular weight is 362 g/mol. The molecule has 0 bridgehead atoms. The van der Waals surface area contributed by atoms with Crippen molar-refractivity contribution in [3.8, 4) is 17.2 Å². The molecule has 1 aromatic heterocycles. The molecule has 1 saturated heterocycles. The molecule has 2 aromatic carbocycles. The van der Waals surface area contributed by atoms with Gasteiger partial charge in [0.15, 0.2) is 11.5 Å². The Morgan fingerprint density at radius 3 is 2.67 bits per heavy atom. The Balaban J connectivity index is 1.33. The van der Waals surface area contributed by atoms with Gasteiger partial charge >= 0.3 is 0 Å². The summed E-state index contributed by atoms with van der Waals surface area (Å²) >= 11 is 0. The van der Waals surface area contributed by atoms with Gasteiger partial charge in [-0.1, -0.05) is 18.2 Å². The number of ether oxygens (including phenoxy) is 2. The van der Waals surface area contributed by atoms with Crippen molar-refractivity contribution in [2.24, 2.45) is 0 Å². The van der Waals surface area contributed by atoms with Crippen molar-refractivity contribution in [1.82, 2.24) is 19.7 Å². The zero-order valence-electron chi connectivity index (χ0n) is 15.1. The molecule has 2 aliphatic rings. The van der Waals surface area contributed by atoms with E-state index in [-0.39, 0.29) is 0 Å². The summed E-state index contributed by atoms with van der Waals surface area (Å²) in [5.41, 5.74) is 3.65. The maximum atomic E-state index is 5.77. The van der Waals surface area contributed by atoms with Crippen molar-refractivity contribution in [3.63, 3.8) is 0 Å². The zero-order valence-corrected chi connectivity index (χ0v) is 15.1. The Morgan fingerprint density at radius 2 is 1.85 bits per heavy atom. The van der Waals surface area contributed by atoms with Gasteiger partial charge in [-0.2, -0.15) is 5.10 Å². The molecular formula is C21H22N4O2. The molecule has 0 radical (unpaired) electrons. The molecule has 0 amide bonds. The van der Waals surface area contributed by atoms with E-state index in [1.54, 1.807) is 17.3 Å². The minimum absolute atomic E-state index is 0.427. The highest BCUT2D eigenvalue weighted by Gasteiger charge is 2.27. The van der Waals surface area contributed by atoms with Crippen molar-refractivity contribution < 1.29 is 9.47 Å². The van der Waals surface area contributed by atoms with E-state index in [1.165, 1.54) is 24.0 Å². The maximum Gasteiger partial charge on any atom is 0.161 e. The first-order chi connectivity index (χ1) is 13.4. The Morgan fingerprint density at radius 1 is 1.00 bits per heavy atom. The molecule has 6 nitrogen and oxygen atoms in total. The standard InChI is InChI=1S/C21H22N4O2/c1-2-19(17-5-8-20-21(12-17)27-11-10-26-20)24(9-1)13-16-3-6-18(7-4-16)25-15-22-14-23-25/h3-8,12,14-15,19H,1-2,9-11,13H2. The van der Waals surface area contributed by atoms with Crippen LogP contribution < -0.4 is 9.47 Å². The minimum Gasteiger partial charge on any atom is -0.486 e. The highest BCUT2D eigenvalue weighted by Crippen LogP contribution is 2.38. The van der Waals surface area contributed by atoms with Crippen molar-refractivity contribution in [3.05, 3.63) is 66.2 Å². The lowest BCUT2D eigenvalue weighted by Gasteiger charge is -2.26. The Bertz CT molecular complexity index is 908. The van der Waals surface area contributed by atoms with E-state index in [0.717, 1.165) is 30.3 Å². The molecule has 138 valence electrons. The first-order valence-corrected chi connectivity index (χ1v) is 9.44. The third kappa shape index (κ3) is 3.28. The van der Waals surface area contributed by atoms with Crippen LogP contribution in [0.2, 0.25) is 0 Å². The molecule has 0 spiro atoms. The second kappa shape index (κ2) is 7.04. The molecule has 2 aliphatic heterocycles. The van der Waals surface area contributed by atoms with Crippen LogP contribution >= 0.6 is 0 Å². The molecule has 1 unspecified atom stereocenters. The molecule has 27 heavy (non-hydrogen) atoms. The van der Waals surface area contributed by atoms with Gasteiger partial charge in [-0.3, -0.25) is 4.90 Å². The van der Waals surface area contributed by atoms with Crippen LogP contribution in [0.25, 0.3) is 5.69 Å². The second-order valence-corrected chi connectivity index (χ2v) is 7.04. The number of rotatable bonds is 4. The van der Waals surface area contributed by atoms with Crippen LogP contribution in [-0.4, -0.2) is 39.4 Å². The predicted octanol–water partition coefficient (Wildman–Crippen LogP) is 3.38. The van der Waals surface area contributed by atoms with E-state index in [9.17, 15) is 0 Å². The molecule has 1 atom stereocenters. The fraction of sp³-hybridized carbons (Fsp3) is 0.333. The van der Waals surface area contributed by atoms with Crippen LogP contribution in [-0.2, 0) is 6.54 Å². The minimum atomic E-state index is 0.427. The number of aromatic nitrogens is 3. The predicted molar refractivity (Wildman–Crippen MR) is 101 cm³/mol. The lowest BCUT2D eigenvalue weighted by Crippen LogP contribution is -2.23. The fourth-order valence-electron chi connectivity index (χ4n) is 3.99. The largest absolute Gasteiger partial charge is 0.486 e. The molecule has 1 fully saturated rings. The number of hydrogen-bond donors (Lipinski definition) is 0. The number of fused-ring (bicyclic) bond motifs is 1. The highest BCUT2D eigenvalue weighted by molar-refractivity contribution is 5.45. The van der Waals surface area contributed by atoms with E-state index >= 15 is 0 Å². The molecule has 3 heterocycles. The summed E-state index contributed by atoms with van der Waals surface area (Å²) < 4.78 is 13.2. The van der Waals surface area contributed by atoms with Gasteiger partial charge in [0.05, 0.1) is 5.69 Å². The molecule has 6 heteroatoms. The van der Waals surface area contributed by atoms with Crippen LogP contribution in [0, 0.1) is 0 Å². The van der Waals surface area contributed by atoms with Gasteiger partial charge in [0, 0.05) is 12.6 Å². The van der Waals surface area contributed by atoms with Gasteiger partial charge in [0.25, 0.3) is 0 Å². The molecule has 5 rings (SSSR count). The third-order valence-electron chi connectivity index (χ3n) is 5.32. The van der Waals surface area contributed by atoms with Crippen molar-refractivity contribution in [1.29, 1.82) is 0 Å². The lowest BCUT2D eigenvalue weighted by atomic mass is 10.0. The summed E-state index contributed by atoms with van der Waals surface area (Å²) in [5.74, 6) is 1.74. The fourth-order valence-corrected chi connectivity index (χ4v) is 3.99. The molecule has 0 saturated carbocycles. The van der Waals surface area contributed by atoms with Crippen LogP contribution in [0.1, 0.15) is 30.0 Å². The molecule has 3 aromatic rings. The van der Waals surface area contributed by atoms with Crippen molar-refractivity contribution >= 4 is 0 Å². The van der Waals surface area contributed by atoms with Crippen molar-refractivity contribution in [2.45, 2.75) is 25.4 Å². The van der Waals surface area contributed by atoms with Gasteiger partial charge in [-0.15, -0.1) is 0 Å². The Hall–Kier alpha value is -2.86. The van der Waals surface area contributed by atoms with E-state index in [1.807, 2.05) is 6.07 Å². The van der Waals surface area contributed by atoms with Crippen LogP contribution in [0.3, 0.4) is 0 Å². The first-order valence-electron chi connectivity index (χ1n) is 9.44. The Kier molecular flexibility index (Phi) is 4.26. The number of hydrogen-bond acceptors (Lipinski definition) is 5. The van der Waals surface area contributed by atoms with E-state index in [4.69, 9.17) is 9.47 Å². The summed E-state index contributed by atoms with van der Waals surface area (Å²) in [4.78, 5) is 6.55. The number of nitrogens with zero attached hydrogens (tertiary/aromatic N) is 4. The number of likely N-dealkylation sites (tertiary alicyclic amines) is 1. The van der Waals surface area contributed by atoms with Gasteiger partial charge in [0.2, 0.25) is 0 Å². The lowest BCUT2D eigenvalue weighted by molar-refractivity contribution is 0.170. The summed E-state index contributed by atoms with van der Waals surface area (Å²) in [7, 11) is 0. The van der Waals surface area contributed by atoms with Crippen LogP contribution in [0.5, 0.6) is 11.5 Å². The summed E-state index contributed by atoms with van der Waals surface area (Å²) in [6, 6.07) is 15.4. The third-order valence-corrected chi connectivity index (χ3v) is 5.32. The van der Waals surface area contributed by atoms with Crippen LogP contribution in [0.4, 0.5) is 0 Å². The van der Waals surface area contributed by atoms with Gasteiger partial charge < -0.3 is 9.47 Å². The quantitative estimate of drug-likeness (QED) is 0.712. The van der Waals surface area contributed by atoms with E-state index in [2.05, 4.69) is 51.4 Å². The summed E-state index contributed by atoms with van der Waals surface area (Å²) in [5, 5.41) is 4.18. The van der Waals surface area contributed by atoms with Gasteiger partial charge in [-0.05, 0) is 54.8 Å². The van der Waals surface area contributed by atoms with Crippen molar-refractivity contribution in [2.75, 3.05) is 19.8 Å². The zero-order chi connectivity index (χ0) is 18.1. The van der Waals surface area contributed by atoms with E-state index in [0.29, 0.717) is 19.3 Å². The van der Waals surface area contributed by atoms with Gasteiger partial charge in [0.1, 0.15) is 25.9 Å². The van der Waals surface area contributed by atoms with Gasteiger partial charge in [-0.25, -0.2) is 9.67 Å². The normalized spacial score (nSPS) is 19.3. The molecule has 0 aliphatic carbocycles. The second-order valence-electron chi connectivity index (χ2n) is 7.04. The Labute approximate surface area is 158 Å². The summed E-state index contributed by atoms with van der Waals surface area (Å²) in [6.45, 7) is 3.32. The highest BCUT2D eigenvalue weighted by atomic mass is 16.6. The maximum absolute atomic E-state index is 5.77. The topological polar surface area (TPSA) is 52.4 Å². The molecule has 0 N–H and O–H groups in total. The SMILES string of the molecule is c1ncn(-c2ccc(CN3CCCC3c3ccc4c(c3)OCCO4)cc2)n1. The number of benzene rings is 2. The van der Waals surface area contributed by atoms with Crippen LogP contribution in [0.15, 0.2) is 55.1 Å². The molecular weight excluding hydrogens is 340 g/mol. The average Bonchev–Trinajstić information content (AvgIpc) is 3.40. The smallest absolute Gasteiger partial charge is 0.161 e. The van der Waals surface area contributed by atoms with E-state index < -0.39 is 0 Å².